The van der Waals surface area contributed by atoms with Gasteiger partial charge in [-0.1, -0.05) is 60.6 Å². The number of hydrogen-bond donors (Lipinski definition) is 0. The molecule has 1 saturated heterocycles. The summed E-state index contributed by atoms with van der Waals surface area (Å²) in [4.78, 5) is 37.1. The Morgan fingerprint density at radius 3 is 2.55 bits per heavy atom. The number of allylic oxidation sites excluding steroid dienone is 1. The van der Waals surface area contributed by atoms with Gasteiger partial charge in [-0.05, 0) is 36.4 Å². The summed E-state index contributed by atoms with van der Waals surface area (Å²) in [6, 6.07) is 14.4. The number of rotatable bonds is 6. The normalized spacial score (nSPS) is 19.3. The number of carbonyl (C=O) groups is 2. The second-order valence-electron chi connectivity index (χ2n) is 9.51. The van der Waals surface area contributed by atoms with E-state index in [2.05, 4.69) is 6.07 Å². The van der Waals surface area contributed by atoms with Crippen molar-refractivity contribution in [1.82, 2.24) is 9.80 Å². The van der Waals surface area contributed by atoms with Crippen LogP contribution >= 0.6 is 11.8 Å². The molecule has 3 aliphatic rings. The van der Waals surface area contributed by atoms with Gasteiger partial charge in [0.2, 0.25) is 5.91 Å². The van der Waals surface area contributed by atoms with Crippen molar-refractivity contribution < 1.29 is 18.7 Å². The molecule has 0 saturated carbocycles. The van der Waals surface area contributed by atoms with Gasteiger partial charge in [0, 0.05) is 31.9 Å². The highest BCUT2D eigenvalue weighted by atomic mass is 32.2. The van der Waals surface area contributed by atoms with E-state index in [0.717, 1.165) is 22.0 Å². The third-order valence-electron chi connectivity index (χ3n) is 7.14. The minimum Gasteiger partial charge on any atom is -0.466 e. The van der Waals surface area contributed by atoms with Crippen LogP contribution in [0.1, 0.15) is 36.9 Å². The highest BCUT2D eigenvalue weighted by Gasteiger charge is 2.42. The summed E-state index contributed by atoms with van der Waals surface area (Å²) in [6.45, 7) is 6.16. The summed E-state index contributed by atoms with van der Waals surface area (Å²) in [7, 11) is 1.38. The Kier molecular flexibility index (Phi) is 7.56. The lowest BCUT2D eigenvalue weighted by atomic mass is 9.92. The van der Waals surface area contributed by atoms with Crippen molar-refractivity contribution in [3.63, 3.8) is 0 Å². The molecule has 1 atom stereocenters. The fraction of sp³-hybridized carbons (Fsp3) is 0.345. The first kappa shape index (κ1) is 26.0. The maximum atomic E-state index is 14.2. The first-order valence-corrected chi connectivity index (χ1v) is 13.7. The van der Waals surface area contributed by atoms with Crippen molar-refractivity contribution in [2.45, 2.75) is 32.7 Å². The molecule has 38 heavy (non-hydrogen) atoms. The Morgan fingerprint density at radius 2 is 1.87 bits per heavy atom. The topological polar surface area (TPSA) is 65.5 Å². The molecule has 0 radical (unpaired) electrons. The number of amides is 1. The third-order valence-corrected chi connectivity index (χ3v) is 8.03. The Hall–Kier alpha value is -3.59. The first-order valence-electron chi connectivity index (χ1n) is 12.8. The molecule has 1 amide bonds. The van der Waals surface area contributed by atoms with Gasteiger partial charge in [-0.25, -0.2) is 14.2 Å². The highest BCUT2D eigenvalue weighted by molar-refractivity contribution is 8.16. The Bertz CT molecular complexity index is 1350. The van der Waals surface area contributed by atoms with Crippen molar-refractivity contribution in [3.05, 3.63) is 87.9 Å². The summed E-state index contributed by atoms with van der Waals surface area (Å²) in [5.74, 6) is -0.664. The molecule has 198 valence electrons. The number of amidine groups is 1. The number of fused-ring (bicyclic) bond motifs is 1. The zero-order valence-corrected chi connectivity index (χ0v) is 22.6. The standard InChI is InChI=1S/C29H31FN4O3S/c1-4-23-26(28(36)37-3)27(20-9-7-8-19(2)16-20)34-21(18-38-29(34)31-23)17-25(35)33-14-12-32(13-15-33)24-11-6-5-10-22(24)30/h5-11,16,18,27H,4,12-15,17H2,1-3H3/t27-/m1/s1. The van der Waals surface area contributed by atoms with Gasteiger partial charge < -0.3 is 19.4 Å². The minimum absolute atomic E-state index is 0.000776. The predicted molar refractivity (Wildman–Crippen MR) is 148 cm³/mol. The van der Waals surface area contributed by atoms with Crippen molar-refractivity contribution in [2.75, 3.05) is 38.2 Å². The van der Waals surface area contributed by atoms with Gasteiger partial charge in [-0.2, -0.15) is 0 Å². The van der Waals surface area contributed by atoms with Crippen LogP contribution in [-0.2, 0) is 14.3 Å². The number of hydrogen-bond acceptors (Lipinski definition) is 7. The number of esters is 1. The summed E-state index contributed by atoms with van der Waals surface area (Å²) < 4.78 is 19.4. The maximum absolute atomic E-state index is 14.2. The number of halogens is 1. The Labute approximate surface area is 226 Å². The average Bonchev–Trinajstić information content (AvgIpc) is 3.33. The number of aryl methyl sites for hydroxylation is 1. The SMILES string of the molecule is CCC1=C(C(=O)OC)[C@@H](c2cccc(C)c2)N2C(CC(=O)N3CCN(c4ccccc4F)CC3)=CSC2=N1. The second kappa shape index (κ2) is 11.0. The molecule has 0 aromatic heterocycles. The smallest absolute Gasteiger partial charge is 0.338 e. The molecule has 7 nitrogen and oxygen atoms in total. The molecule has 2 aromatic carbocycles. The van der Waals surface area contributed by atoms with E-state index in [9.17, 15) is 14.0 Å². The molecule has 0 spiro atoms. The molecule has 0 aliphatic carbocycles. The zero-order chi connectivity index (χ0) is 26.8. The van der Waals surface area contributed by atoms with Gasteiger partial charge in [0.15, 0.2) is 5.17 Å². The predicted octanol–water partition coefficient (Wildman–Crippen LogP) is 5.01. The summed E-state index contributed by atoms with van der Waals surface area (Å²) >= 11 is 1.47. The third kappa shape index (κ3) is 4.95. The molecule has 1 fully saturated rings. The van der Waals surface area contributed by atoms with E-state index < -0.39 is 12.0 Å². The van der Waals surface area contributed by atoms with Crippen molar-refractivity contribution in [1.29, 1.82) is 0 Å². The lowest BCUT2D eigenvalue weighted by Crippen LogP contribution is -2.49. The molecule has 2 aromatic rings. The van der Waals surface area contributed by atoms with Crippen molar-refractivity contribution in [2.24, 2.45) is 4.99 Å². The first-order chi connectivity index (χ1) is 18.4. The van der Waals surface area contributed by atoms with E-state index in [-0.39, 0.29) is 18.1 Å². The molecular weight excluding hydrogens is 503 g/mol. The number of piperazine rings is 1. The summed E-state index contributed by atoms with van der Waals surface area (Å²) in [6.07, 6.45) is 0.773. The molecular formula is C29H31FN4O3S. The van der Waals surface area contributed by atoms with Crippen LogP contribution in [0.15, 0.2) is 75.9 Å². The number of para-hydroxylation sites is 1. The zero-order valence-electron chi connectivity index (χ0n) is 21.8. The number of benzene rings is 2. The summed E-state index contributed by atoms with van der Waals surface area (Å²) in [5.41, 5.74) is 4.60. The monoisotopic (exact) mass is 534 g/mol. The maximum Gasteiger partial charge on any atom is 0.338 e. The van der Waals surface area contributed by atoms with Crippen LogP contribution in [-0.4, -0.2) is 60.1 Å². The van der Waals surface area contributed by atoms with E-state index >= 15 is 0 Å². The van der Waals surface area contributed by atoms with E-state index in [4.69, 9.17) is 9.73 Å². The molecule has 5 rings (SSSR count). The van der Waals surface area contributed by atoms with Gasteiger partial charge in [-0.15, -0.1) is 0 Å². The average molecular weight is 535 g/mol. The molecule has 3 aliphatic heterocycles. The number of nitrogens with zero attached hydrogens (tertiary/aromatic N) is 4. The number of anilines is 1. The van der Waals surface area contributed by atoms with Crippen LogP contribution in [0.4, 0.5) is 10.1 Å². The van der Waals surface area contributed by atoms with Gasteiger partial charge in [-0.3, -0.25) is 4.79 Å². The quantitative estimate of drug-likeness (QED) is 0.486. The van der Waals surface area contributed by atoms with Crippen LogP contribution in [0, 0.1) is 12.7 Å². The lowest BCUT2D eigenvalue weighted by Gasteiger charge is -2.38. The fourth-order valence-electron chi connectivity index (χ4n) is 5.24. The van der Waals surface area contributed by atoms with Gasteiger partial charge in [0.05, 0.1) is 36.5 Å². The molecule has 3 heterocycles. The summed E-state index contributed by atoms with van der Waals surface area (Å²) in [5, 5.41) is 2.72. The fourth-order valence-corrected chi connectivity index (χ4v) is 6.18. The van der Waals surface area contributed by atoms with E-state index in [1.165, 1.54) is 24.9 Å². The van der Waals surface area contributed by atoms with Crippen molar-refractivity contribution >= 4 is 34.5 Å². The van der Waals surface area contributed by atoms with Gasteiger partial charge in [0.25, 0.3) is 0 Å². The number of methoxy groups -OCH3 is 1. The van der Waals surface area contributed by atoms with Gasteiger partial charge in [0.1, 0.15) is 5.82 Å². The second-order valence-corrected chi connectivity index (χ2v) is 10.3. The highest BCUT2D eigenvalue weighted by Crippen LogP contribution is 2.45. The number of carbonyl (C=O) groups excluding carboxylic acids is 2. The van der Waals surface area contributed by atoms with Crippen LogP contribution in [0.25, 0.3) is 0 Å². The van der Waals surface area contributed by atoms with Crippen LogP contribution in [0.5, 0.6) is 0 Å². The van der Waals surface area contributed by atoms with E-state index in [1.54, 1.807) is 12.1 Å². The van der Waals surface area contributed by atoms with Gasteiger partial charge >= 0.3 is 5.97 Å². The lowest BCUT2D eigenvalue weighted by molar-refractivity contribution is -0.136. The van der Waals surface area contributed by atoms with Crippen LogP contribution in [0.3, 0.4) is 0 Å². The van der Waals surface area contributed by atoms with E-state index in [1.807, 2.05) is 58.2 Å². The molecule has 9 heteroatoms. The minimum atomic E-state index is -0.434. The van der Waals surface area contributed by atoms with Crippen LogP contribution < -0.4 is 4.90 Å². The largest absolute Gasteiger partial charge is 0.466 e. The Morgan fingerprint density at radius 1 is 1.11 bits per heavy atom. The molecule has 0 unspecified atom stereocenters. The van der Waals surface area contributed by atoms with Crippen LogP contribution in [0.2, 0.25) is 0 Å². The van der Waals surface area contributed by atoms with Crippen molar-refractivity contribution in [3.8, 4) is 0 Å². The number of thioether (sulfide) groups is 1. The molecule has 0 N–H and O–H groups in total. The molecule has 0 bridgehead atoms. The number of aliphatic imine (C=N–C) groups is 1. The van der Waals surface area contributed by atoms with E-state index in [0.29, 0.717) is 49.6 Å². The number of ether oxygens (including phenoxy) is 1. The Balaban J connectivity index is 1.37.